The Bertz CT molecular complexity index is 452. The third-order valence-electron chi connectivity index (χ3n) is 2.44. The smallest absolute Gasteiger partial charge is 0.241 e. The Kier molecular flexibility index (Phi) is 5.06. The lowest BCUT2D eigenvalue weighted by atomic mass is 10.2. The second kappa shape index (κ2) is 6.55. The summed E-state index contributed by atoms with van der Waals surface area (Å²) < 4.78 is 0. The Morgan fingerprint density at radius 1 is 1.50 bits per heavy atom. The van der Waals surface area contributed by atoms with E-state index in [-0.39, 0.29) is 12.5 Å². The Hall–Kier alpha value is -2.16. The molecule has 0 bridgehead atoms. The van der Waals surface area contributed by atoms with Crippen LogP contribution in [0.4, 0.5) is 5.82 Å². The molecular formula is C12H17N5O. The van der Waals surface area contributed by atoms with E-state index < -0.39 is 0 Å². The molecule has 0 spiro atoms. The van der Waals surface area contributed by atoms with Gasteiger partial charge >= 0.3 is 0 Å². The number of nitrogens with zero attached hydrogens (tertiary/aromatic N) is 5. The molecule has 0 saturated heterocycles. The Balaban J connectivity index is 2.97. The summed E-state index contributed by atoms with van der Waals surface area (Å²) in [5.74, 6) is 0.440. The molecule has 0 radical (unpaired) electrons. The van der Waals surface area contributed by atoms with Crippen LogP contribution < -0.4 is 4.90 Å². The van der Waals surface area contributed by atoms with Crippen LogP contribution in [0.3, 0.4) is 0 Å². The number of anilines is 1. The molecule has 0 N–H and O–H groups in total. The maximum atomic E-state index is 11.8. The number of hydrogen-bond acceptors (Lipinski definition) is 5. The van der Waals surface area contributed by atoms with Crippen molar-refractivity contribution in [3.8, 4) is 6.07 Å². The van der Waals surface area contributed by atoms with Crippen molar-refractivity contribution < 1.29 is 4.79 Å². The molecule has 1 rings (SSSR count). The van der Waals surface area contributed by atoms with Crippen LogP contribution in [0.5, 0.6) is 0 Å². The fraction of sp³-hybridized carbons (Fsp3) is 0.500. The number of aromatic nitrogens is 2. The number of nitriles is 1. The van der Waals surface area contributed by atoms with Gasteiger partial charge in [-0.05, 0) is 12.5 Å². The van der Waals surface area contributed by atoms with E-state index in [1.54, 1.807) is 25.1 Å². The average molecular weight is 247 g/mol. The standard InChI is InChI=1S/C12H17N5O/c1-4-7-17(9-11(18)16(2)3)12-10(8-13)5-6-14-15-12/h5-6H,4,7,9H2,1-3H3. The first-order chi connectivity index (χ1) is 8.60. The second-order valence-corrected chi connectivity index (χ2v) is 4.09. The molecule has 0 aliphatic carbocycles. The number of amides is 1. The van der Waals surface area contributed by atoms with Crippen LogP contribution in [0, 0.1) is 11.3 Å². The lowest BCUT2D eigenvalue weighted by molar-refractivity contribution is -0.127. The van der Waals surface area contributed by atoms with Gasteiger partial charge in [0.1, 0.15) is 6.07 Å². The zero-order chi connectivity index (χ0) is 13.5. The van der Waals surface area contributed by atoms with Gasteiger partial charge in [0.2, 0.25) is 5.91 Å². The lowest BCUT2D eigenvalue weighted by Crippen LogP contribution is -2.38. The topological polar surface area (TPSA) is 73.1 Å². The van der Waals surface area contributed by atoms with E-state index in [1.165, 1.54) is 11.1 Å². The molecule has 6 nitrogen and oxygen atoms in total. The molecule has 0 aliphatic heterocycles. The number of carbonyl (C=O) groups excluding carboxylic acids is 1. The molecule has 6 heteroatoms. The zero-order valence-corrected chi connectivity index (χ0v) is 10.9. The van der Waals surface area contributed by atoms with Crippen molar-refractivity contribution in [3.63, 3.8) is 0 Å². The normalized spacial score (nSPS) is 9.67. The van der Waals surface area contributed by atoms with Crippen LogP contribution in [-0.2, 0) is 4.79 Å². The molecule has 0 aromatic carbocycles. The van der Waals surface area contributed by atoms with Gasteiger partial charge in [-0.15, -0.1) is 5.10 Å². The Morgan fingerprint density at radius 2 is 2.22 bits per heavy atom. The molecule has 0 atom stereocenters. The van der Waals surface area contributed by atoms with Gasteiger partial charge in [0.25, 0.3) is 0 Å². The number of hydrogen-bond donors (Lipinski definition) is 0. The number of carbonyl (C=O) groups is 1. The van der Waals surface area contributed by atoms with Crippen molar-refractivity contribution >= 4 is 11.7 Å². The van der Waals surface area contributed by atoms with E-state index in [0.29, 0.717) is 17.9 Å². The minimum atomic E-state index is -0.0296. The van der Waals surface area contributed by atoms with E-state index in [4.69, 9.17) is 5.26 Å². The highest BCUT2D eigenvalue weighted by atomic mass is 16.2. The highest BCUT2D eigenvalue weighted by Gasteiger charge is 2.16. The predicted molar refractivity (Wildman–Crippen MR) is 67.9 cm³/mol. The van der Waals surface area contributed by atoms with Crippen LogP contribution in [0.1, 0.15) is 18.9 Å². The van der Waals surface area contributed by atoms with Crippen LogP contribution in [0.15, 0.2) is 12.3 Å². The number of likely N-dealkylation sites (N-methyl/N-ethyl adjacent to an activating group) is 1. The van der Waals surface area contributed by atoms with E-state index in [9.17, 15) is 4.79 Å². The van der Waals surface area contributed by atoms with E-state index in [1.807, 2.05) is 6.92 Å². The highest BCUT2D eigenvalue weighted by molar-refractivity contribution is 5.81. The maximum Gasteiger partial charge on any atom is 0.241 e. The maximum absolute atomic E-state index is 11.8. The van der Waals surface area contributed by atoms with Gasteiger partial charge < -0.3 is 9.80 Å². The van der Waals surface area contributed by atoms with E-state index >= 15 is 0 Å². The SMILES string of the molecule is CCCN(CC(=O)N(C)C)c1nnccc1C#N. The van der Waals surface area contributed by atoms with Crippen LogP contribution in [-0.4, -0.2) is 48.2 Å². The summed E-state index contributed by atoms with van der Waals surface area (Å²) in [4.78, 5) is 15.1. The molecule has 1 aromatic heterocycles. The van der Waals surface area contributed by atoms with Crippen molar-refractivity contribution in [1.82, 2.24) is 15.1 Å². The van der Waals surface area contributed by atoms with Crippen molar-refractivity contribution in [2.24, 2.45) is 0 Å². The molecule has 18 heavy (non-hydrogen) atoms. The quantitative estimate of drug-likeness (QED) is 0.764. The van der Waals surface area contributed by atoms with Gasteiger partial charge in [0.05, 0.1) is 18.3 Å². The fourth-order valence-corrected chi connectivity index (χ4v) is 1.48. The summed E-state index contributed by atoms with van der Waals surface area (Å²) in [7, 11) is 3.41. The third-order valence-corrected chi connectivity index (χ3v) is 2.44. The zero-order valence-electron chi connectivity index (χ0n) is 10.9. The lowest BCUT2D eigenvalue weighted by Gasteiger charge is -2.24. The van der Waals surface area contributed by atoms with Gasteiger partial charge in [0, 0.05) is 20.6 Å². The summed E-state index contributed by atoms with van der Waals surface area (Å²) in [5, 5.41) is 16.8. The largest absolute Gasteiger partial charge is 0.347 e. The van der Waals surface area contributed by atoms with Gasteiger partial charge in [-0.25, -0.2) is 0 Å². The Morgan fingerprint density at radius 3 is 2.78 bits per heavy atom. The monoisotopic (exact) mass is 247 g/mol. The van der Waals surface area contributed by atoms with E-state index in [0.717, 1.165) is 6.42 Å². The molecule has 1 aromatic rings. The third kappa shape index (κ3) is 3.42. The van der Waals surface area contributed by atoms with Gasteiger partial charge in [0.15, 0.2) is 5.82 Å². The van der Waals surface area contributed by atoms with Gasteiger partial charge in [-0.3, -0.25) is 4.79 Å². The molecule has 1 heterocycles. The first kappa shape index (κ1) is 13.9. The summed E-state index contributed by atoms with van der Waals surface area (Å²) in [6.45, 7) is 2.87. The molecule has 0 aliphatic rings. The Labute approximate surface area is 107 Å². The first-order valence-corrected chi connectivity index (χ1v) is 5.77. The molecule has 96 valence electrons. The van der Waals surface area contributed by atoms with Crippen LogP contribution >= 0.6 is 0 Å². The predicted octanol–water partition coefficient (Wildman–Crippen LogP) is 0.653. The van der Waals surface area contributed by atoms with Crippen molar-refractivity contribution in [1.29, 1.82) is 5.26 Å². The summed E-state index contributed by atoms with van der Waals surface area (Å²) in [6.07, 6.45) is 2.34. The molecule has 0 saturated carbocycles. The van der Waals surface area contributed by atoms with E-state index in [2.05, 4.69) is 16.3 Å². The molecule has 0 unspecified atom stereocenters. The second-order valence-electron chi connectivity index (χ2n) is 4.09. The summed E-state index contributed by atoms with van der Waals surface area (Å²) in [5.41, 5.74) is 0.435. The van der Waals surface area contributed by atoms with Crippen LogP contribution in [0.25, 0.3) is 0 Å². The summed E-state index contributed by atoms with van der Waals surface area (Å²) >= 11 is 0. The first-order valence-electron chi connectivity index (χ1n) is 5.77. The molecular weight excluding hydrogens is 230 g/mol. The van der Waals surface area contributed by atoms with Crippen LogP contribution in [0.2, 0.25) is 0 Å². The number of rotatable bonds is 5. The van der Waals surface area contributed by atoms with Crippen molar-refractivity contribution in [3.05, 3.63) is 17.8 Å². The highest BCUT2D eigenvalue weighted by Crippen LogP contribution is 2.15. The summed E-state index contributed by atoms with van der Waals surface area (Å²) in [6, 6.07) is 3.67. The minimum absolute atomic E-state index is 0.0296. The van der Waals surface area contributed by atoms with Gasteiger partial charge in [-0.2, -0.15) is 10.4 Å². The van der Waals surface area contributed by atoms with Crippen molar-refractivity contribution in [2.75, 3.05) is 32.1 Å². The van der Waals surface area contributed by atoms with Gasteiger partial charge in [-0.1, -0.05) is 6.92 Å². The minimum Gasteiger partial charge on any atom is -0.347 e. The fourth-order valence-electron chi connectivity index (χ4n) is 1.48. The molecule has 1 amide bonds. The average Bonchev–Trinajstić information content (AvgIpc) is 2.38. The van der Waals surface area contributed by atoms with Crippen molar-refractivity contribution in [2.45, 2.75) is 13.3 Å². The molecule has 0 fully saturated rings.